The molecule has 0 aromatic heterocycles. The van der Waals surface area contributed by atoms with Gasteiger partial charge < -0.3 is 15.7 Å². The first-order chi connectivity index (χ1) is 9.28. The molecule has 2 amide bonds. The van der Waals surface area contributed by atoms with E-state index in [-0.39, 0.29) is 24.4 Å². The van der Waals surface area contributed by atoms with Crippen LogP contribution in [0.25, 0.3) is 0 Å². The van der Waals surface area contributed by atoms with E-state index in [1.54, 1.807) is 0 Å². The van der Waals surface area contributed by atoms with Crippen LogP contribution >= 0.6 is 0 Å². The molecule has 1 aliphatic rings. The highest BCUT2D eigenvalue weighted by atomic mass is 16.4. The number of rotatable bonds is 6. The maximum Gasteiger partial charge on any atom is 0.315 e. The summed E-state index contributed by atoms with van der Waals surface area (Å²) in [4.78, 5) is 22.3. The fraction of sp³-hybridized carbons (Fsp3) is 0.867. The van der Waals surface area contributed by atoms with E-state index in [1.807, 2.05) is 6.92 Å². The van der Waals surface area contributed by atoms with Gasteiger partial charge in [0.15, 0.2) is 0 Å². The molecule has 0 saturated heterocycles. The summed E-state index contributed by atoms with van der Waals surface area (Å²) >= 11 is 0. The van der Waals surface area contributed by atoms with Crippen molar-refractivity contribution in [1.29, 1.82) is 0 Å². The van der Waals surface area contributed by atoms with E-state index in [2.05, 4.69) is 24.5 Å². The van der Waals surface area contributed by atoms with Gasteiger partial charge in [-0.15, -0.1) is 0 Å². The molecule has 5 nitrogen and oxygen atoms in total. The highest BCUT2D eigenvalue weighted by Gasteiger charge is 2.28. The summed E-state index contributed by atoms with van der Waals surface area (Å²) in [6, 6.07) is 0.128. The van der Waals surface area contributed by atoms with Gasteiger partial charge in [-0.1, -0.05) is 27.2 Å². The van der Waals surface area contributed by atoms with Crippen LogP contribution in [-0.2, 0) is 4.79 Å². The van der Waals surface area contributed by atoms with Crippen molar-refractivity contribution in [3.05, 3.63) is 0 Å². The topological polar surface area (TPSA) is 78.4 Å². The molecular weight excluding hydrogens is 256 g/mol. The summed E-state index contributed by atoms with van der Waals surface area (Å²) in [5, 5.41) is 14.5. The molecule has 3 N–H and O–H groups in total. The number of carbonyl (C=O) groups excluding carboxylic acids is 1. The molecule has 1 rings (SSSR count). The van der Waals surface area contributed by atoms with Crippen molar-refractivity contribution in [3.8, 4) is 0 Å². The Kier molecular flexibility index (Phi) is 6.30. The second kappa shape index (κ2) is 7.50. The molecule has 1 aliphatic carbocycles. The number of amides is 2. The van der Waals surface area contributed by atoms with Crippen molar-refractivity contribution in [3.63, 3.8) is 0 Å². The van der Waals surface area contributed by atoms with Gasteiger partial charge in [0.1, 0.15) is 0 Å². The van der Waals surface area contributed by atoms with Crippen LogP contribution < -0.4 is 10.6 Å². The smallest absolute Gasteiger partial charge is 0.315 e. The minimum absolute atomic E-state index is 0.130. The van der Waals surface area contributed by atoms with Crippen molar-refractivity contribution in [2.75, 3.05) is 6.54 Å². The third-order valence-corrected chi connectivity index (χ3v) is 4.00. The summed E-state index contributed by atoms with van der Waals surface area (Å²) in [5.41, 5.74) is 0.310. The van der Waals surface area contributed by atoms with Gasteiger partial charge in [0.05, 0.1) is 0 Å². The number of urea groups is 1. The highest BCUT2D eigenvalue weighted by Crippen LogP contribution is 2.34. The zero-order chi connectivity index (χ0) is 15.2. The van der Waals surface area contributed by atoms with Crippen LogP contribution in [-0.4, -0.2) is 29.7 Å². The number of carboxylic acid groups (broad SMARTS) is 1. The number of hydrogen-bond donors (Lipinski definition) is 3. The molecule has 0 bridgehead atoms. The maximum absolute atomic E-state index is 11.8. The Morgan fingerprint density at radius 2 is 2.10 bits per heavy atom. The van der Waals surface area contributed by atoms with Crippen LogP contribution in [0.2, 0.25) is 0 Å². The van der Waals surface area contributed by atoms with Gasteiger partial charge in [-0.05, 0) is 37.0 Å². The predicted molar refractivity (Wildman–Crippen MR) is 78.6 cm³/mol. The molecule has 0 heterocycles. The van der Waals surface area contributed by atoms with E-state index in [4.69, 9.17) is 5.11 Å². The molecule has 20 heavy (non-hydrogen) atoms. The molecule has 0 spiro atoms. The lowest BCUT2D eigenvalue weighted by molar-refractivity contribution is -0.137. The van der Waals surface area contributed by atoms with Crippen molar-refractivity contribution in [2.45, 2.75) is 65.3 Å². The molecule has 0 aliphatic heterocycles. The van der Waals surface area contributed by atoms with Crippen LogP contribution in [0.3, 0.4) is 0 Å². The fourth-order valence-electron chi connectivity index (χ4n) is 2.80. The van der Waals surface area contributed by atoms with Crippen molar-refractivity contribution < 1.29 is 14.7 Å². The monoisotopic (exact) mass is 284 g/mol. The van der Waals surface area contributed by atoms with Crippen LogP contribution in [0.5, 0.6) is 0 Å². The molecule has 2 atom stereocenters. The first-order valence-electron chi connectivity index (χ1n) is 7.55. The predicted octanol–water partition coefficient (Wildman–Crippen LogP) is 2.76. The number of hydrogen-bond acceptors (Lipinski definition) is 2. The van der Waals surface area contributed by atoms with Gasteiger partial charge in [0.25, 0.3) is 0 Å². The molecule has 0 radical (unpaired) electrons. The Morgan fingerprint density at radius 3 is 2.70 bits per heavy atom. The summed E-state index contributed by atoms with van der Waals surface area (Å²) in [6.07, 6.45) is 5.19. The van der Waals surface area contributed by atoms with E-state index in [0.717, 1.165) is 19.3 Å². The van der Waals surface area contributed by atoms with E-state index in [1.165, 1.54) is 6.42 Å². The van der Waals surface area contributed by atoms with Crippen molar-refractivity contribution >= 4 is 12.0 Å². The van der Waals surface area contributed by atoms with E-state index in [9.17, 15) is 9.59 Å². The molecule has 0 aromatic carbocycles. The van der Waals surface area contributed by atoms with Crippen LogP contribution in [0.15, 0.2) is 0 Å². The lowest BCUT2D eigenvalue weighted by Crippen LogP contribution is -2.46. The molecule has 1 fully saturated rings. The zero-order valence-corrected chi connectivity index (χ0v) is 12.9. The highest BCUT2D eigenvalue weighted by molar-refractivity contribution is 5.74. The quantitative estimate of drug-likeness (QED) is 0.701. The normalized spacial score (nSPS) is 22.9. The molecule has 0 aromatic rings. The Balaban J connectivity index is 2.21. The number of carboxylic acids is 1. The Labute approximate surface area is 121 Å². The Bertz CT molecular complexity index is 342. The lowest BCUT2D eigenvalue weighted by atomic mass is 9.75. The third-order valence-electron chi connectivity index (χ3n) is 4.00. The van der Waals surface area contributed by atoms with Gasteiger partial charge in [-0.25, -0.2) is 4.79 Å². The van der Waals surface area contributed by atoms with Crippen molar-refractivity contribution in [2.24, 2.45) is 11.3 Å². The van der Waals surface area contributed by atoms with Crippen LogP contribution in [0.4, 0.5) is 4.79 Å². The summed E-state index contributed by atoms with van der Waals surface area (Å²) < 4.78 is 0. The Hall–Kier alpha value is -1.26. The molecule has 116 valence electrons. The van der Waals surface area contributed by atoms with Gasteiger partial charge >= 0.3 is 12.0 Å². The SMILES string of the molecule is CC(CCC(=O)O)CNC(=O)NC1CCCC(C)(C)C1. The first-order valence-corrected chi connectivity index (χ1v) is 7.55. The second-order valence-corrected chi connectivity index (χ2v) is 6.85. The Morgan fingerprint density at radius 1 is 1.40 bits per heavy atom. The summed E-state index contributed by atoms with van der Waals surface area (Å²) in [5.74, 6) is -0.606. The van der Waals surface area contributed by atoms with Gasteiger partial charge in [-0.2, -0.15) is 0 Å². The lowest BCUT2D eigenvalue weighted by Gasteiger charge is -2.35. The van der Waals surface area contributed by atoms with Gasteiger partial charge in [0.2, 0.25) is 0 Å². The van der Waals surface area contributed by atoms with E-state index < -0.39 is 5.97 Å². The van der Waals surface area contributed by atoms with Crippen molar-refractivity contribution in [1.82, 2.24) is 10.6 Å². The van der Waals surface area contributed by atoms with Gasteiger partial charge in [0, 0.05) is 19.0 Å². The third kappa shape index (κ3) is 6.78. The minimum atomic E-state index is -0.786. The van der Waals surface area contributed by atoms with Crippen LogP contribution in [0, 0.1) is 11.3 Å². The largest absolute Gasteiger partial charge is 0.481 e. The molecular formula is C15H28N2O3. The molecule has 1 saturated carbocycles. The first kappa shape index (κ1) is 16.8. The van der Waals surface area contributed by atoms with Gasteiger partial charge in [-0.3, -0.25) is 4.79 Å². The standard InChI is InChI=1S/C15H28N2O3/c1-11(6-7-13(18)19)10-16-14(20)17-12-5-4-8-15(2,3)9-12/h11-12H,4-10H2,1-3H3,(H,18,19)(H2,16,17,20). The average molecular weight is 284 g/mol. The van der Waals surface area contributed by atoms with E-state index >= 15 is 0 Å². The van der Waals surface area contributed by atoms with E-state index in [0.29, 0.717) is 18.4 Å². The molecule has 2 unspecified atom stereocenters. The number of carbonyl (C=O) groups is 2. The minimum Gasteiger partial charge on any atom is -0.481 e. The number of nitrogens with one attached hydrogen (secondary N) is 2. The summed E-state index contributed by atoms with van der Waals surface area (Å²) in [6.45, 7) is 6.96. The molecule has 5 heteroatoms. The zero-order valence-electron chi connectivity index (χ0n) is 12.9. The fourth-order valence-corrected chi connectivity index (χ4v) is 2.80. The average Bonchev–Trinajstić information content (AvgIpc) is 2.32. The van der Waals surface area contributed by atoms with Crippen LogP contribution in [0.1, 0.15) is 59.3 Å². The number of aliphatic carboxylic acids is 1. The maximum atomic E-state index is 11.8. The second-order valence-electron chi connectivity index (χ2n) is 6.85. The summed E-state index contributed by atoms with van der Waals surface area (Å²) in [7, 11) is 0.